The minimum atomic E-state index is 0.248. The molecule has 0 bridgehead atoms. The molecule has 3 rings (SSSR count). The predicted octanol–water partition coefficient (Wildman–Crippen LogP) is 2.14. The van der Waals surface area contributed by atoms with E-state index in [2.05, 4.69) is 46.4 Å². The van der Waals surface area contributed by atoms with Gasteiger partial charge in [-0.2, -0.15) is 0 Å². The van der Waals surface area contributed by atoms with Gasteiger partial charge in [-0.15, -0.1) is 5.10 Å². The molecule has 1 fully saturated rings. The second-order valence-electron chi connectivity index (χ2n) is 6.47. The van der Waals surface area contributed by atoms with Gasteiger partial charge in [-0.25, -0.2) is 4.68 Å². The molecule has 23 heavy (non-hydrogen) atoms. The quantitative estimate of drug-likeness (QED) is 0.817. The third-order valence-corrected chi connectivity index (χ3v) is 4.21. The molecule has 0 aliphatic carbocycles. The van der Waals surface area contributed by atoms with Crippen LogP contribution < -0.4 is 0 Å². The van der Waals surface area contributed by atoms with Crippen LogP contribution in [-0.4, -0.2) is 51.4 Å². The summed E-state index contributed by atoms with van der Waals surface area (Å²) in [5.74, 6) is 1.55. The average molecular weight is 315 g/mol. The standard InChI is InChI=1S/C17H25N5O/c1-14(2)12-16(21-8-10-23-11-9-21)17-18-19-20-22(17)13-15-6-4-3-5-7-15/h3-7,14,16H,8-13H2,1-2H3/t16-/m1/s1. The van der Waals surface area contributed by atoms with Crippen LogP contribution in [0.25, 0.3) is 0 Å². The summed E-state index contributed by atoms with van der Waals surface area (Å²) in [4.78, 5) is 2.46. The summed E-state index contributed by atoms with van der Waals surface area (Å²) >= 11 is 0. The van der Waals surface area contributed by atoms with Crippen LogP contribution in [0, 0.1) is 5.92 Å². The highest BCUT2D eigenvalue weighted by Gasteiger charge is 2.28. The smallest absolute Gasteiger partial charge is 0.168 e. The number of tetrazole rings is 1. The van der Waals surface area contributed by atoms with Crippen molar-refractivity contribution in [2.24, 2.45) is 5.92 Å². The molecule has 6 nitrogen and oxygen atoms in total. The normalized spacial score (nSPS) is 17.5. The number of nitrogens with zero attached hydrogens (tertiary/aromatic N) is 5. The third kappa shape index (κ3) is 4.14. The van der Waals surface area contributed by atoms with Crippen LogP contribution in [0.15, 0.2) is 30.3 Å². The molecule has 0 unspecified atom stereocenters. The van der Waals surface area contributed by atoms with E-state index in [0.717, 1.165) is 38.5 Å². The lowest BCUT2D eigenvalue weighted by atomic mass is 10.0. The Kier molecular flexibility index (Phi) is 5.35. The van der Waals surface area contributed by atoms with Crippen molar-refractivity contribution in [3.8, 4) is 0 Å². The summed E-state index contributed by atoms with van der Waals surface area (Å²) in [5, 5.41) is 12.5. The van der Waals surface area contributed by atoms with Gasteiger partial charge in [0.05, 0.1) is 25.8 Å². The second-order valence-corrected chi connectivity index (χ2v) is 6.47. The van der Waals surface area contributed by atoms with Gasteiger partial charge in [0, 0.05) is 13.1 Å². The van der Waals surface area contributed by atoms with Gasteiger partial charge in [-0.1, -0.05) is 44.2 Å². The Morgan fingerprint density at radius 2 is 1.87 bits per heavy atom. The molecule has 1 saturated heterocycles. The number of hydrogen-bond acceptors (Lipinski definition) is 5. The fourth-order valence-electron chi connectivity index (χ4n) is 3.07. The van der Waals surface area contributed by atoms with Crippen molar-refractivity contribution in [2.45, 2.75) is 32.9 Å². The van der Waals surface area contributed by atoms with E-state index in [1.54, 1.807) is 0 Å². The van der Waals surface area contributed by atoms with Crippen LogP contribution in [0.3, 0.4) is 0 Å². The Bertz CT molecular complexity index is 592. The van der Waals surface area contributed by atoms with Crippen LogP contribution in [-0.2, 0) is 11.3 Å². The van der Waals surface area contributed by atoms with Crippen molar-refractivity contribution in [2.75, 3.05) is 26.3 Å². The fourth-order valence-corrected chi connectivity index (χ4v) is 3.07. The molecule has 0 N–H and O–H groups in total. The maximum atomic E-state index is 5.50. The lowest BCUT2D eigenvalue weighted by Crippen LogP contribution is -2.40. The first-order valence-electron chi connectivity index (χ1n) is 8.36. The number of ether oxygens (including phenoxy) is 1. The van der Waals surface area contributed by atoms with Crippen molar-refractivity contribution in [3.05, 3.63) is 41.7 Å². The highest BCUT2D eigenvalue weighted by atomic mass is 16.5. The van der Waals surface area contributed by atoms with Crippen LogP contribution in [0.5, 0.6) is 0 Å². The van der Waals surface area contributed by atoms with Crippen LogP contribution in [0.1, 0.15) is 37.7 Å². The molecule has 124 valence electrons. The molecule has 1 aromatic heterocycles. The van der Waals surface area contributed by atoms with E-state index in [9.17, 15) is 0 Å². The highest BCUT2D eigenvalue weighted by molar-refractivity contribution is 5.15. The molecule has 0 radical (unpaired) electrons. The Hall–Kier alpha value is -1.79. The molecule has 2 heterocycles. The van der Waals surface area contributed by atoms with E-state index >= 15 is 0 Å². The maximum Gasteiger partial charge on any atom is 0.168 e. The zero-order chi connectivity index (χ0) is 16.1. The highest BCUT2D eigenvalue weighted by Crippen LogP contribution is 2.27. The molecular weight excluding hydrogens is 290 g/mol. The van der Waals surface area contributed by atoms with Crippen LogP contribution in [0.4, 0.5) is 0 Å². The molecular formula is C17H25N5O. The Labute approximate surface area is 137 Å². The van der Waals surface area contributed by atoms with Crippen molar-refractivity contribution in [1.82, 2.24) is 25.1 Å². The van der Waals surface area contributed by atoms with E-state index in [-0.39, 0.29) is 6.04 Å². The molecule has 0 amide bonds. The van der Waals surface area contributed by atoms with Gasteiger partial charge in [0.1, 0.15) is 0 Å². The largest absolute Gasteiger partial charge is 0.379 e. The van der Waals surface area contributed by atoms with Crippen molar-refractivity contribution < 1.29 is 4.74 Å². The lowest BCUT2D eigenvalue weighted by molar-refractivity contribution is 0.00865. The van der Waals surface area contributed by atoms with Crippen LogP contribution in [0.2, 0.25) is 0 Å². The SMILES string of the molecule is CC(C)C[C@H](c1nnnn1Cc1ccccc1)N1CCOCC1. The molecule has 1 aromatic carbocycles. The minimum Gasteiger partial charge on any atom is -0.379 e. The summed E-state index contributed by atoms with van der Waals surface area (Å²) < 4.78 is 7.44. The number of morpholine rings is 1. The molecule has 1 atom stereocenters. The van der Waals surface area contributed by atoms with Gasteiger partial charge in [0.25, 0.3) is 0 Å². The lowest BCUT2D eigenvalue weighted by Gasteiger charge is -2.34. The molecule has 6 heteroatoms. The third-order valence-electron chi connectivity index (χ3n) is 4.21. The Morgan fingerprint density at radius 3 is 2.57 bits per heavy atom. The van der Waals surface area contributed by atoms with E-state index in [1.165, 1.54) is 5.56 Å². The summed E-state index contributed by atoms with van der Waals surface area (Å²) in [7, 11) is 0. The Balaban J connectivity index is 1.83. The monoisotopic (exact) mass is 315 g/mol. The van der Waals surface area contributed by atoms with Gasteiger partial charge in [0.15, 0.2) is 5.82 Å². The summed E-state index contributed by atoms with van der Waals surface area (Å²) in [5.41, 5.74) is 1.21. The van der Waals surface area contributed by atoms with Gasteiger partial charge in [0.2, 0.25) is 0 Å². The minimum absolute atomic E-state index is 0.248. The van der Waals surface area contributed by atoms with Crippen molar-refractivity contribution >= 4 is 0 Å². The van der Waals surface area contributed by atoms with E-state index in [0.29, 0.717) is 12.5 Å². The van der Waals surface area contributed by atoms with Crippen LogP contribution >= 0.6 is 0 Å². The molecule has 1 aliphatic rings. The second kappa shape index (κ2) is 7.66. The van der Waals surface area contributed by atoms with Crippen molar-refractivity contribution in [3.63, 3.8) is 0 Å². The molecule has 1 aliphatic heterocycles. The van der Waals surface area contributed by atoms with E-state index < -0.39 is 0 Å². The average Bonchev–Trinajstić information content (AvgIpc) is 3.02. The number of hydrogen-bond donors (Lipinski definition) is 0. The number of aromatic nitrogens is 4. The van der Waals surface area contributed by atoms with Crippen molar-refractivity contribution in [1.29, 1.82) is 0 Å². The fraction of sp³-hybridized carbons (Fsp3) is 0.588. The predicted molar refractivity (Wildman–Crippen MR) is 87.9 cm³/mol. The summed E-state index contributed by atoms with van der Waals surface area (Å²) in [6, 6.07) is 10.6. The number of rotatable bonds is 6. The van der Waals surface area contributed by atoms with Gasteiger partial charge >= 0.3 is 0 Å². The molecule has 2 aromatic rings. The maximum absolute atomic E-state index is 5.50. The van der Waals surface area contributed by atoms with Gasteiger partial charge in [-0.05, 0) is 28.3 Å². The van der Waals surface area contributed by atoms with E-state index in [4.69, 9.17) is 4.74 Å². The number of benzene rings is 1. The van der Waals surface area contributed by atoms with Gasteiger partial charge < -0.3 is 4.74 Å². The zero-order valence-electron chi connectivity index (χ0n) is 13.9. The summed E-state index contributed by atoms with van der Waals surface area (Å²) in [6.07, 6.45) is 1.05. The summed E-state index contributed by atoms with van der Waals surface area (Å²) in [6.45, 7) is 8.66. The first-order valence-corrected chi connectivity index (χ1v) is 8.36. The topological polar surface area (TPSA) is 56.1 Å². The Morgan fingerprint density at radius 1 is 1.13 bits per heavy atom. The first-order chi connectivity index (χ1) is 11.2. The first kappa shape index (κ1) is 16.1. The molecule has 0 spiro atoms. The zero-order valence-corrected chi connectivity index (χ0v) is 13.9. The van der Waals surface area contributed by atoms with E-state index in [1.807, 2.05) is 22.9 Å². The molecule has 0 saturated carbocycles. The van der Waals surface area contributed by atoms with Gasteiger partial charge in [-0.3, -0.25) is 4.90 Å².